The number of nitrogens with one attached hydrogen (secondary N) is 1. The van der Waals surface area contributed by atoms with E-state index < -0.39 is 0 Å². The smallest absolute Gasteiger partial charge is 0.244 e. The fourth-order valence-electron chi connectivity index (χ4n) is 1.83. The number of amides is 1. The van der Waals surface area contributed by atoms with Crippen molar-refractivity contribution in [1.82, 2.24) is 5.32 Å². The van der Waals surface area contributed by atoms with Gasteiger partial charge in [0.15, 0.2) is 0 Å². The Kier molecular flexibility index (Phi) is 5.69. The van der Waals surface area contributed by atoms with Gasteiger partial charge in [-0.25, -0.2) is 4.39 Å². The van der Waals surface area contributed by atoms with E-state index in [2.05, 4.69) is 21.2 Å². The van der Waals surface area contributed by atoms with Gasteiger partial charge in [-0.05, 0) is 47.9 Å². The lowest BCUT2D eigenvalue weighted by Crippen LogP contribution is -2.23. The SMILES string of the molecule is O=C(/C=C/c1ccc(Br)cc1)NCCc1cccc(F)c1. The highest BCUT2D eigenvalue weighted by molar-refractivity contribution is 9.10. The Morgan fingerprint density at radius 1 is 1.19 bits per heavy atom. The van der Waals surface area contributed by atoms with Gasteiger partial charge in [0.2, 0.25) is 5.91 Å². The fourth-order valence-corrected chi connectivity index (χ4v) is 2.09. The van der Waals surface area contributed by atoms with Crippen molar-refractivity contribution in [3.63, 3.8) is 0 Å². The van der Waals surface area contributed by atoms with Crippen LogP contribution in [0, 0.1) is 5.82 Å². The lowest BCUT2D eigenvalue weighted by atomic mass is 10.1. The number of hydrogen-bond donors (Lipinski definition) is 1. The van der Waals surface area contributed by atoms with Crippen molar-refractivity contribution in [1.29, 1.82) is 0 Å². The monoisotopic (exact) mass is 347 g/mol. The van der Waals surface area contributed by atoms with Crippen LogP contribution < -0.4 is 5.32 Å². The predicted octanol–water partition coefficient (Wildman–Crippen LogP) is 3.96. The third-order valence-electron chi connectivity index (χ3n) is 2.90. The Hall–Kier alpha value is -1.94. The zero-order valence-corrected chi connectivity index (χ0v) is 12.9. The van der Waals surface area contributed by atoms with E-state index in [1.165, 1.54) is 18.2 Å². The average Bonchev–Trinajstić information content (AvgIpc) is 2.47. The highest BCUT2D eigenvalue weighted by Crippen LogP contribution is 2.11. The zero-order valence-electron chi connectivity index (χ0n) is 11.4. The minimum Gasteiger partial charge on any atom is -0.352 e. The Bertz CT molecular complexity index is 637. The standard InChI is InChI=1S/C17H15BrFNO/c18-15-7-4-13(5-8-15)6-9-17(21)20-11-10-14-2-1-3-16(19)12-14/h1-9,12H,10-11H2,(H,20,21)/b9-6+. The zero-order chi connectivity index (χ0) is 15.1. The molecule has 0 aromatic heterocycles. The van der Waals surface area contributed by atoms with E-state index in [4.69, 9.17) is 0 Å². The van der Waals surface area contributed by atoms with Crippen LogP contribution in [-0.4, -0.2) is 12.5 Å². The largest absolute Gasteiger partial charge is 0.352 e. The molecule has 21 heavy (non-hydrogen) atoms. The molecule has 0 spiro atoms. The van der Waals surface area contributed by atoms with Crippen molar-refractivity contribution in [3.8, 4) is 0 Å². The molecular weight excluding hydrogens is 333 g/mol. The molecule has 2 aromatic rings. The minimum absolute atomic E-state index is 0.158. The topological polar surface area (TPSA) is 29.1 Å². The summed E-state index contributed by atoms with van der Waals surface area (Å²) in [5, 5.41) is 2.77. The lowest BCUT2D eigenvalue weighted by Gasteiger charge is -2.03. The Labute approximate surface area is 131 Å². The Morgan fingerprint density at radius 2 is 1.95 bits per heavy atom. The van der Waals surface area contributed by atoms with Crippen LogP contribution in [0.2, 0.25) is 0 Å². The molecule has 0 saturated carbocycles. The summed E-state index contributed by atoms with van der Waals surface area (Å²) in [4.78, 5) is 11.7. The molecule has 1 N–H and O–H groups in total. The first-order valence-electron chi connectivity index (χ1n) is 6.59. The molecule has 108 valence electrons. The molecule has 2 aromatic carbocycles. The number of carbonyl (C=O) groups is 1. The van der Waals surface area contributed by atoms with Crippen molar-refractivity contribution in [2.45, 2.75) is 6.42 Å². The lowest BCUT2D eigenvalue weighted by molar-refractivity contribution is -0.116. The van der Waals surface area contributed by atoms with Gasteiger partial charge in [0.1, 0.15) is 5.82 Å². The number of benzene rings is 2. The Balaban J connectivity index is 1.78. The van der Waals surface area contributed by atoms with Crippen molar-refractivity contribution in [2.75, 3.05) is 6.54 Å². The fraction of sp³-hybridized carbons (Fsp3) is 0.118. The van der Waals surface area contributed by atoms with Gasteiger partial charge in [0, 0.05) is 17.1 Å². The van der Waals surface area contributed by atoms with Gasteiger partial charge in [-0.2, -0.15) is 0 Å². The molecule has 0 atom stereocenters. The van der Waals surface area contributed by atoms with E-state index >= 15 is 0 Å². The maximum atomic E-state index is 13.0. The molecule has 2 nitrogen and oxygen atoms in total. The van der Waals surface area contributed by atoms with Crippen LogP contribution in [-0.2, 0) is 11.2 Å². The number of hydrogen-bond acceptors (Lipinski definition) is 1. The molecule has 0 bridgehead atoms. The van der Waals surface area contributed by atoms with E-state index in [-0.39, 0.29) is 11.7 Å². The number of carbonyl (C=O) groups excluding carboxylic acids is 1. The van der Waals surface area contributed by atoms with Crippen LogP contribution >= 0.6 is 15.9 Å². The summed E-state index contributed by atoms with van der Waals surface area (Å²) in [6, 6.07) is 14.1. The number of halogens is 2. The highest BCUT2D eigenvalue weighted by Gasteiger charge is 1.98. The van der Waals surface area contributed by atoms with E-state index in [1.54, 1.807) is 12.1 Å². The molecular formula is C17H15BrFNO. The molecule has 0 aliphatic heterocycles. The van der Waals surface area contributed by atoms with Crippen LogP contribution in [0.4, 0.5) is 4.39 Å². The maximum Gasteiger partial charge on any atom is 0.244 e. The molecule has 0 radical (unpaired) electrons. The van der Waals surface area contributed by atoms with Crippen molar-refractivity contribution >= 4 is 27.9 Å². The molecule has 0 unspecified atom stereocenters. The van der Waals surface area contributed by atoms with E-state index in [0.29, 0.717) is 13.0 Å². The summed E-state index contributed by atoms with van der Waals surface area (Å²) in [7, 11) is 0. The van der Waals surface area contributed by atoms with Crippen LogP contribution in [0.25, 0.3) is 6.08 Å². The summed E-state index contributed by atoms with van der Waals surface area (Å²) < 4.78 is 14.0. The molecule has 0 fully saturated rings. The normalized spacial score (nSPS) is 10.8. The third-order valence-corrected chi connectivity index (χ3v) is 3.43. The quantitative estimate of drug-likeness (QED) is 0.815. The molecule has 0 aliphatic rings. The van der Waals surface area contributed by atoms with Gasteiger partial charge < -0.3 is 5.32 Å². The van der Waals surface area contributed by atoms with Crippen molar-refractivity contribution in [2.24, 2.45) is 0 Å². The molecule has 2 rings (SSSR count). The van der Waals surface area contributed by atoms with Gasteiger partial charge in [0.05, 0.1) is 0 Å². The van der Waals surface area contributed by atoms with Gasteiger partial charge >= 0.3 is 0 Å². The minimum atomic E-state index is -0.256. The van der Waals surface area contributed by atoms with Gasteiger partial charge in [-0.1, -0.05) is 40.2 Å². The molecule has 4 heteroatoms. The van der Waals surface area contributed by atoms with Gasteiger partial charge in [-0.3, -0.25) is 4.79 Å². The highest BCUT2D eigenvalue weighted by atomic mass is 79.9. The van der Waals surface area contributed by atoms with E-state index in [0.717, 1.165) is 15.6 Å². The van der Waals surface area contributed by atoms with Crippen LogP contribution in [0.15, 0.2) is 59.1 Å². The maximum absolute atomic E-state index is 13.0. The first-order valence-corrected chi connectivity index (χ1v) is 7.39. The first kappa shape index (κ1) is 15.4. The summed E-state index contributed by atoms with van der Waals surface area (Å²) in [6.45, 7) is 0.479. The summed E-state index contributed by atoms with van der Waals surface area (Å²) in [5.41, 5.74) is 1.82. The van der Waals surface area contributed by atoms with Crippen molar-refractivity contribution in [3.05, 3.63) is 76.0 Å². The predicted molar refractivity (Wildman–Crippen MR) is 86.3 cm³/mol. The summed E-state index contributed by atoms with van der Waals surface area (Å²) in [5.74, 6) is -0.414. The van der Waals surface area contributed by atoms with Gasteiger partial charge in [-0.15, -0.1) is 0 Å². The second-order valence-electron chi connectivity index (χ2n) is 4.56. The van der Waals surface area contributed by atoms with E-state index in [1.807, 2.05) is 30.3 Å². The average molecular weight is 348 g/mol. The Morgan fingerprint density at radius 3 is 2.67 bits per heavy atom. The van der Waals surface area contributed by atoms with Crippen LogP contribution in [0.1, 0.15) is 11.1 Å². The third kappa shape index (κ3) is 5.52. The molecule has 0 saturated heterocycles. The van der Waals surface area contributed by atoms with Gasteiger partial charge in [0.25, 0.3) is 0 Å². The second kappa shape index (κ2) is 7.74. The summed E-state index contributed by atoms with van der Waals surface area (Å²) >= 11 is 3.36. The molecule has 0 aliphatic carbocycles. The number of rotatable bonds is 5. The van der Waals surface area contributed by atoms with Crippen molar-refractivity contribution < 1.29 is 9.18 Å². The van der Waals surface area contributed by atoms with E-state index in [9.17, 15) is 9.18 Å². The molecule has 0 heterocycles. The second-order valence-corrected chi connectivity index (χ2v) is 5.47. The first-order chi connectivity index (χ1) is 10.1. The van der Waals surface area contributed by atoms with Crippen LogP contribution in [0.5, 0.6) is 0 Å². The summed E-state index contributed by atoms with van der Waals surface area (Å²) in [6.07, 6.45) is 3.86. The molecule has 1 amide bonds. The van der Waals surface area contributed by atoms with Crippen LogP contribution in [0.3, 0.4) is 0 Å².